The van der Waals surface area contributed by atoms with E-state index in [1.807, 2.05) is 0 Å². The molecule has 4 N–H and O–H groups in total. The number of aliphatic carboxylic acids is 3. The predicted molar refractivity (Wildman–Crippen MR) is 66.0 cm³/mol. The van der Waals surface area contributed by atoms with Crippen LogP contribution in [0.15, 0.2) is 0 Å². The van der Waals surface area contributed by atoms with E-state index in [-0.39, 0.29) is 19.4 Å². The van der Waals surface area contributed by atoms with Crippen LogP contribution >= 0.6 is 0 Å². The summed E-state index contributed by atoms with van der Waals surface area (Å²) >= 11 is 0. The number of hydrogen-bond donors (Lipinski definition) is 4. The van der Waals surface area contributed by atoms with Gasteiger partial charge in [-0.15, -0.1) is 0 Å². The van der Waals surface area contributed by atoms with Gasteiger partial charge in [0.15, 0.2) is 0 Å². The molecule has 1 unspecified atom stereocenters. The van der Waals surface area contributed by atoms with Gasteiger partial charge in [-0.2, -0.15) is 0 Å². The van der Waals surface area contributed by atoms with Gasteiger partial charge in [0.05, 0.1) is 6.54 Å². The quantitative estimate of drug-likeness (QED) is 0.365. The average molecular weight is 276 g/mol. The predicted octanol–water partition coefficient (Wildman–Crippen LogP) is -0.699. The Morgan fingerprint density at radius 1 is 1.16 bits per heavy atom. The SMILES string of the molecule is CCN(CCNCC(=O)O)C(CCC(=O)O)C(=O)O. The van der Waals surface area contributed by atoms with E-state index in [0.29, 0.717) is 19.6 Å². The van der Waals surface area contributed by atoms with Crippen LogP contribution < -0.4 is 5.32 Å². The van der Waals surface area contributed by atoms with Crippen LogP contribution in [0.4, 0.5) is 0 Å². The number of nitrogens with one attached hydrogen (secondary N) is 1. The Bertz CT molecular complexity index is 320. The zero-order valence-corrected chi connectivity index (χ0v) is 10.8. The number of carboxylic acid groups (broad SMARTS) is 3. The molecule has 0 aliphatic rings. The summed E-state index contributed by atoms with van der Waals surface area (Å²) < 4.78 is 0. The maximum Gasteiger partial charge on any atom is 0.320 e. The van der Waals surface area contributed by atoms with Gasteiger partial charge >= 0.3 is 17.9 Å². The molecular weight excluding hydrogens is 256 g/mol. The van der Waals surface area contributed by atoms with Gasteiger partial charge in [-0.05, 0) is 13.0 Å². The van der Waals surface area contributed by atoms with Crippen molar-refractivity contribution in [2.75, 3.05) is 26.2 Å². The molecule has 0 radical (unpaired) electrons. The molecule has 0 amide bonds. The zero-order valence-electron chi connectivity index (χ0n) is 10.8. The molecule has 0 aliphatic carbocycles. The number of nitrogens with zero attached hydrogens (tertiary/aromatic N) is 1. The molecule has 0 spiro atoms. The third kappa shape index (κ3) is 8.11. The monoisotopic (exact) mass is 276 g/mol. The molecule has 0 aromatic rings. The highest BCUT2D eigenvalue weighted by molar-refractivity contribution is 5.75. The molecule has 1 atom stereocenters. The van der Waals surface area contributed by atoms with Crippen molar-refractivity contribution in [1.82, 2.24) is 10.2 Å². The summed E-state index contributed by atoms with van der Waals surface area (Å²) in [5.74, 6) is -3.09. The van der Waals surface area contributed by atoms with E-state index < -0.39 is 23.9 Å². The minimum absolute atomic E-state index is 0.0252. The lowest BCUT2D eigenvalue weighted by Crippen LogP contribution is -2.45. The van der Waals surface area contributed by atoms with Crippen LogP contribution in [0.5, 0.6) is 0 Å². The van der Waals surface area contributed by atoms with Crippen molar-refractivity contribution >= 4 is 17.9 Å². The first-order chi connectivity index (χ1) is 8.88. The number of carbonyl (C=O) groups is 3. The molecular formula is C11H20N2O6. The molecule has 8 nitrogen and oxygen atoms in total. The second kappa shape index (κ2) is 9.29. The van der Waals surface area contributed by atoms with Crippen LogP contribution in [0.1, 0.15) is 19.8 Å². The Morgan fingerprint density at radius 3 is 2.21 bits per heavy atom. The van der Waals surface area contributed by atoms with Crippen LogP contribution in [-0.2, 0) is 14.4 Å². The van der Waals surface area contributed by atoms with E-state index in [2.05, 4.69) is 5.32 Å². The molecule has 110 valence electrons. The molecule has 0 aliphatic heterocycles. The van der Waals surface area contributed by atoms with Crippen LogP contribution in [-0.4, -0.2) is 70.3 Å². The van der Waals surface area contributed by atoms with Crippen molar-refractivity contribution in [3.63, 3.8) is 0 Å². The van der Waals surface area contributed by atoms with E-state index >= 15 is 0 Å². The van der Waals surface area contributed by atoms with E-state index in [1.165, 1.54) is 0 Å². The molecule has 0 rings (SSSR count). The highest BCUT2D eigenvalue weighted by Crippen LogP contribution is 2.07. The van der Waals surface area contributed by atoms with E-state index in [0.717, 1.165) is 0 Å². The van der Waals surface area contributed by atoms with Gasteiger partial charge in [0.1, 0.15) is 6.04 Å². The third-order valence-electron chi connectivity index (χ3n) is 2.62. The maximum absolute atomic E-state index is 11.1. The molecule has 0 bridgehead atoms. The summed E-state index contributed by atoms with van der Waals surface area (Å²) in [4.78, 5) is 33.5. The lowest BCUT2D eigenvalue weighted by atomic mass is 10.1. The minimum Gasteiger partial charge on any atom is -0.481 e. The van der Waals surface area contributed by atoms with Gasteiger partial charge in [-0.25, -0.2) is 0 Å². The van der Waals surface area contributed by atoms with Crippen LogP contribution in [0.25, 0.3) is 0 Å². The Kier molecular flexibility index (Phi) is 8.47. The number of rotatable bonds is 11. The Morgan fingerprint density at radius 2 is 1.79 bits per heavy atom. The van der Waals surface area contributed by atoms with Crippen LogP contribution in [0.3, 0.4) is 0 Å². The van der Waals surface area contributed by atoms with Crippen molar-refractivity contribution in [3.8, 4) is 0 Å². The normalized spacial score (nSPS) is 12.3. The van der Waals surface area contributed by atoms with Gasteiger partial charge in [-0.1, -0.05) is 6.92 Å². The van der Waals surface area contributed by atoms with Gasteiger partial charge in [0.25, 0.3) is 0 Å². The molecule has 8 heteroatoms. The fourth-order valence-corrected chi connectivity index (χ4v) is 1.67. The van der Waals surface area contributed by atoms with Crippen molar-refractivity contribution in [2.45, 2.75) is 25.8 Å². The second-order valence-electron chi connectivity index (χ2n) is 3.99. The van der Waals surface area contributed by atoms with Crippen molar-refractivity contribution in [1.29, 1.82) is 0 Å². The third-order valence-corrected chi connectivity index (χ3v) is 2.62. The molecule has 0 heterocycles. The Balaban J connectivity index is 4.28. The van der Waals surface area contributed by atoms with Gasteiger partial charge < -0.3 is 20.6 Å². The van der Waals surface area contributed by atoms with E-state index in [4.69, 9.17) is 15.3 Å². The molecule has 0 aromatic carbocycles. The first-order valence-electron chi connectivity index (χ1n) is 5.99. The topological polar surface area (TPSA) is 127 Å². The minimum atomic E-state index is -1.07. The first-order valence-corrected chi connectivity index (χ1v) is 5.99. The lowest BCUT2D eigenvalue weighted by molar-refractivity contribution is -0.144. The zero-order chi connectivity index (χ0) is 14.8. The van der Waals surface area contributed by atoms with Crippen LogP contribution in [0.2, 0.25) is 0 Å². The summed E-state index contributed by atoms with van der Waals surface area (Å²) in [6.07, 6.45) is -0.187. The second-order valence-corrected chi connectivity index (χ2v) is 3.99. The highest BCUT2D eigenvalue weighted by Gasteiger charge is 2.24. The maximum atomic E-state index is 11.1. The summed E-state index contributed by atoms with van der Waals surface area (Å²) in [5.41, 5.74) is 0. The molecule has 0 saturated carbocycles. The summed E-state index contributed by atoms with van der Waals surface area (Å²) in [5, 5.41) is 28.8. The van der Waals surface area contributed by atoms with E-state index in [9.17, 15) is 14.4 Å². The number of carboxylic acids is 3. The van der Waals surface area contributed by atoms with Gasteiger partial charge in [0.2, 0.25) is 0 Å². The first kappa shape index (κ1) is 17.3. The van der Waals surface area contributed by atoms with Gasteiger partial charge in [0, 0.05) is 19.5 Å². The Hall–Kier alpha value is -1.67. The number of hydrogen-bond acceptors (Lipinski definition) is 5. The summed E-state index contributed by atoms with van der Waals surface area (Å²) in [6.45, 7) is 2.71. The fourth-order valence-electron chi connectivity index (χ4n) is 1.67. The standard InChI is InChI=1S/C11H20N2O6/c1-2-13(6-5-12-7-10(16)17)8(11(18)19)3-4-9(14)15/h8,12H,2-7H2,1H3,(H,14,15)(H,16,17)(H,18,19). The summed E-state index contributed by atoms with van der Waals surface area (Å²) in [6, 6.07) is -0.868. The molecule has 0 fully saturated rings. The fraction of sp³-hybridized carbons (Fsp3) is 0.727. The number of likely N-dealkylation sites (N-methyl/N-ethyl adjacent to an activating group) is 1. The average Bonchev–Trinajstić information content (AvgIpc) is 2.30. The van der Waals surface area contributed by atoms with Crippen LogP contribution in [0, 0.1) is 0 Å². The highest BCUT2D eigenvalue weighted by atomic mass is 16.4. The van der Waals surface area contributed by atoms with Crippen molar-refractivity contribution in [2.24, 2.45) is 0 Å². The smallest absolute Gasteiger partial charge is 0.320 e. The van der Waals surface area contributed by atoms with Crippen molar-refractivity contribution in [3.05, 3.63) is 0 Å². The van der Waals surface area contributed by atoms with Gasteiger partial charge in [-0.3, -0.25) is 19.3 Å². The lowest BCUT2D eigenvalue weighted by Gasteiger charge is -2.27. The Labute approximate surface area is 111 Å². The largest absolute Gasteiger partial charge is 0.481 e. The molecule has 19 heavy (non-hydrogen) atoms. The van der Waals surface area contributed by atoms with Crippen molar-refractivity contribution < 1.29 is 29.7 Å². The van der Waals surface area contributed by atoms with E-state index in [1.54, 1.807) is 11.8 Å². The summed E-state index contributed by atoms with van der Waals surface area (Å²) in [7, 11) is 0. The molecule has 0 aromatic heterocycles. The molecule has 0 saturated heterocycles.